The molecule has 0 saturated carbocycles. The first kappa shape index (κ1) is 19.7. The van der Waals surface area contributed by atoms with Crippen LogP contribution in [0.25, 0.3) is 0 Å². The van der Waals surface area contributed by atoms with Crippen LogP contribution in [0.5, 0.6) is 0 Å². The van der Waals surface area contributed by atoms with Crippen molar-refractivity contribution in [3.63, 3.8) is 0 Å². The van der Waals surface area contributed by atoms with E-state index in [1.54, 1.807) is 0 Å². The first-order valence-corrected chi connectivity index (χ1v) is 3.58. The SMILES string of the molecule is C=CC(=O)[S-].O=C(O)CCC(=O)O.[K+]. The summed E-state index contributed by atoms with van der Waals surface area (Å²) in [7, 11) is 0. The largest absolute Gasteiger partial charge is 1.00 e. The number of carboxylic acid groups (broad SMARTS) is 2. The van der Waals surface area contributed by atoms with Gasteiger partial charge in [0.2, 0.25) is 0 Å². The van der Waals surface area contributed by atoms with Crippen molar-refractivity contribution in [3.8, 4) is 0 Å². The molecule has 0 aromatic rings. The molecule has 0 aliphatic heterocycles. The van der Waals surface area contributed by atoms with Gasteiger partial charge in [0.05, 0.1) is 12.8 Å². The molecule has 0 aromatic heterocycles. The van der Waals surface area contributed by atoms with Crippen LogP contribution in [0.1, 0.15) is 12.8 Å². The summed E-state index contributed by atoms with van der Waals surface area (Å²) in [6, 6.07) is 0. The van der Waals surface area contributed by atoms with Crippen LogP contribution >= 0.6 is 0 Å². The summed E-state index contributed by atoms with van der Waals surface area (Å²) in [5.74, 6) is -2.15. The Morgan fingerprint density at radius 2 is 1.36 bits per heavy atom. The zero-order valence-corrected chi connectivity index (χ0v) is 11.7. The minimum absolute atomic E-state index is 0. The van der Waals surface area contributed by atoms with Crippen LogP contribution in [-0.2, 0) is 27.0 Å². The Bertz CT molecular complexity index is 202. The van der Waals surface area contributed by atoms with E-state index in [9.17, 15) is 14.4 Å². The third-order valence-corrected chi connectivity index (χ3v) is 0.886. The van der Waals surface area contributed by atoms with Gasteiger partial charge in [-0.3, -0.25) is 9.59 Å². The van der Waals surface area contributed by atoms with E-state index in [4.69, 9.17) is 10.2 Å². The van der Waals surface area contributed by atoms with E-state index in [0.29, 0.717) is 0 Å². The van der Waals surface area contributed by atoms with Crippen molar-refractivity contribution in [3.05, 3.63) is 12.7 Å². The molecule has 0 aromatic carbocycles. The van der Waals surface area contributed by atoms with Crippen LogP contribution in [0.4, 0.5) is 0 Å². The maximum Gasteiger partial charge on any atom is 1.00 e. The van der Waals surface area contributed by atoms with E-state index < -0.39 is 17.1 Å². The number of hydrogen-bond acceptors (Lipinski definition) is 4. The second-order valence-corrected chi connectivity index (χ2v) is 2.21. The van der Waals surface area contributed by atoms with Crippen LogP contribution in [-0.4, -0.2) is 27.3 Å². The molecule has 0 aliphatic rings. The smallest absolute Gasteiger partial charge is 0.737 e. The molecule has 7 heteroatoms. The van der Waals surface area contributed by atoms with E-state index >= 15 is 0 Å². The van der Waals surface area contributed by atoms with Crippen LogP contribution in [0.2, 0.25) is 0 Å². The van der Waals surface area contributed by atoms with Gasteiger partial charge in [-0.25, -0.2) is 0 Å². The molecule has 0 atom stereocenters. The number of aliphatic carboxylic acids is 2. The molecular weight excluding hydrogens is 235 g/mol. The maximum atomic E-state index is 9.64. The summed E-state index contributed by atoms with van der Waals surface area (Å²) in [5.41, 5.74) is 0. The Hall–Kier alpha value is 0.206. The number of carbonyl (C=O) groups excluding carboxylic acids is 1. The predicted molar refractivity (Wildman–Crippen MR) is 47.1 cm³/mol. The number of carboxylic acids is 2. The third kappa shape index (κ3) is 29.5. The van der Waals surface area contributed by atoms with Crippen LogP contribution in [0, 0.1) is 0 Å². The molecule has 0 spiro atoms. The van der Waals surface area contributed by atoms with Gasteiger partial charge in [0.15, 0.2) is 0 Å². The summed E-state index contributed by atoms with van der Waals surface area (Å²) < 4.78 is 0. The molecule has 0 saturated heterocycles. The number of rotatable bonds is 4. The summed E-state index contributed by atoms with van der Waals surface area (Å²) in [4.78, 5) is 28.8. The van der Waals surface area contributed by atoms with Crippen molar-refractivity contribution in [2.75, 3.05) is 0 Å². The van der Waals surface area contributed by atoms with Crippen molar-refractivity contribution in [2.45, 2.75) is 12.8 Å². The van der Waals surface area contributed by atoms with E-state index in [1.165, 1.54) is 0 Å². The fourth-order valence-electron chi connectivity index (χ4n) is 0.214. The second-order valence-electron chi connectivity index (χ2n) is 1.81. The standard InChI is InChI=1S/C4H6O4.C3H4OS.K/c5-3(6)1-2-4(7)8;1-2-3(4)5;/h1-2H2,(H,5,6)(H,7,8);2H,1H2,(H,4,5);/q;;+1/p-1. The second kappa shape index (κ2) is 13.2. The van der Waals surface area contributed by atoms with Crippen molar-refractivity contribution in [1.29, 1.82) is 0 Å². The molecule has 0 fully saturated rings. The first-order valence-electron chi connectivity index (χ1n) is 3.17. The van der Waals surface area contributed by atoms with Gasteiger partial charge in [0.1, 0.15) is 0 Å². The Morgan fingerprint density at radius 1 is 1.14 bits per heavy atom. The Kier molecular flexibility index (Phi) is 18.6. The fourth-order valence-corrected chi connectivity index (χ4v) is 0.214. The van der Waals surface area contributed by atoms with Crippen LogP contribution in [0.3, 0.4) is 0 Å². The molecule has 14 heavy (non-hydrogen) atoms. The molecule has 0 bridgehead atoms. The van der Waals surface area contributed by atoms with Gasteiger partial charge < -0.3 is 27.6 Å². The van der Waals surface area contributed by atoms with Gasteiger partial charge in [0.25, 0.3) is 0 Å². The molecule has 5 nitrogen and oxygen atoms in total. The first-order chi connectivity index (χ1) is 5.90. The van der Waals surface area contributed by atoms with E-state index in [2.05, 4.69) is 19.2 Å². The average molecular weight is 244 g/mol. The maximum absolute atomic E-state index is 9.64. The molecule has 0 amide bonds. The fraction of sp³-hybridized carbons (Fsp3) is 0.286. The molecule has 0 heterocycles. The molecule has 0 radical (unpaired) electrons. The summed E-state index contributed by atoms with van der Waals surface area (Å²) in [6.45, 7) is 3.11. The number of hydrogen-bond donors (Lipinski definition) is 2. The summed E-state index contributed by atoms with van der Waals surface area (Å²) >= 11 is 4.02. The minimum Gasteiger partial charge on any atom is -0.737 e. The molecule has 0 rings (SSSR count). The Morgan fingerprint density at radius 3 is 1.43 bits per heavy atom. The zero-order valence-electron chi connectivity index (χ0n) is 7.73. The Labute approximate surface area is 129 Å². The predicted octanol–water partition coefficient (Wildman–Crippen LogP) is -2.81. The zero-order chi connectivity index (χ0) is 10.9. The normalized spacial score (nSPS) is 7.14. The summed E-state index contributed by atoms with van der Waals surface area (Å²) in [6.07, 6.45) is 0.500. The average Bonchev–Trinajstić information content (AvgIpc) is 2.02. The van der Waals surface area contributed by atoms with E-state index in [0.717, 1.165) is 6.08 Å². The molecule has 0 aliphatic carbocycles. The topological polar surface area (TPSA) is 91.7 Å². The van der Waals surface area contributed by atoms with Gasteiger partial charge in [-0.1, -0.05) is 6.58 Å². The molecular formula is C7H9KO5S. The monoisotopic (exact) mass is 244 g/mol. The quantitative estimate of drug-likeness (QED) is 0.315. The third-order valence-electron chi connectivity index (χ3n) is 0.719. The minimum atomic E-state index is -1.08. The Balaban J connectivity index is -0.000000177. The van der Waals surface area contributed by atoms with E-state index in [-0.39, 0.29) is 64.2 Å². The van der Waals surface area contributed by atoms with Crippen LogP contribution < -0.4 is 51.4 Å². The molecule has 0 unspecified atom stereocenters. The number of carbonyl (C=O) groups is 3. The van der Waals surface area contributed by atoms with Gasteiger partial charge in [-0.05, 0) is 6.08 Å². The van der Waals surface area contributed by atoms with Gasteiger partial charge >= 0.3 is 63.3 Å². The summed E-state index contributed by atoms with van der Waals surface area (Å²) in [5, 5.41) is 15.4. The van der Waals surface area contributed by atoms with Gasteiger partial charge in [0, 0.05) is 5.12 Å². The molecule has 74 valence electrons. The van der Waals surface area contributed by atoms with Crippen molar-refractivity contribution >= 4 is 29.7 Å². The van der Waals surface area contributed by atoms with E-state index in [1.807, 2.05) is 0 Å². The van der Waals surface area contributed by atoms with Crippen molar-refractivity contribution in [1.82, 2.24) is 0 Å². The van der Waals surface area contributed by atoms with Crippen molar-refractivity contribution < 1.29 is 76.0 Å². The van der Waals surface area contributed by atoms with Crippen molar-refractivity contribution in [2.24, 2.45) is 0 Å². The van der Waals surface area contributed by atoms with Gasteiger partial charge in [-0.15, -0.1) is 0 Å². The van der Waals surface area contributed by atoms with Crippen LogP contribution in [0.15, 0.2) is 12.7 Å². The van der Waals surface area contributed by atoms with Gasteiger partial charge in [-0.2, -0.15) is 0 Å². The molecule has 2 N–H and O–H groups in total.